The third-order valence-electron chi connectivity index (χ3n) is 10.4. The fourth-order valence-electron chi connectivity index (χ4n) is 7.55. The number of anilines is 1. The molecule has 4 heterocycles. The lowest BCUT2D eigenvalue weighted by Gasteiger charge is -2.11. The lowest BCUT2D eigenvalue weighted by molar-refractivity contribution is 0.0973. The van der Waals surface area contributed by atoms with Crippen LogP contribution in [0.5, 0.6) is 11.5 Å². The monoisotopic (exact) mass is 861 g/mol. The highest BCUT2D eigenvalue weighted by molar-refractivity contribution is 7.21. The molecule has 0 unspecified atom stereocenters. The Balaban J connectivity index is 1.23. The number of ether oxygens (including phenoxy) is 2. The van der Waals surface area contributed by atoms with Crippen molar-refractivity contribution < 1.29 is 19.1 Å². The summed E-state index contributed by atoms with van der Waals surface area (Å²) in [6.45, 7) is 0. The first-order valence-corrected chi connectivity index (χ1v) is 21.5. The molecule has 1 aliphatic heterocycles. The molecular formula is C50H35N7O4S2. The number of para-hydroxylation sites is 4. The highest BCUT2D eigenvalue weighted by Crippen LogP contribution is 2.48. The molecule has 63 heavy (non-hydrogen) atoms. The summed E-state index contributed by atoms with van der Waals surface area (Å²) in [7, 11) is 3.06. The van der Waals surface area contributed by atoms with Gasteiger partial charge in [-0.3, -0.25) is 9.59 Å². The minimum Gasteiger partial charge on any atom is -0.496 e. The van der Waals surface area contributed by atoms with E-state index in [9.17, 15) is 9.59 Å². The molecule has 6 aromatic carbocycles. The Labute approximate surface area is 369 Å². The Kier molecular flexibility index (Phi) is 10.4. The first-order valence-electron chi connectivity index (χ1n) is 19.9. The molecule has 9 aromatic rings. The molecule has 0 saturated carbocycles. The van der Waals surface area contributed by atoms with Crippen LogP contribution < -0.4 is 20.1 Å². The quantitative estimate of drug-likeness (QED) is 0.125. The number of hydrogen-bond acceptors (Lipinski definition) is 9. The Morgan fingerprint density at radius 1 is 0.556 bits per heavy atom. The maximum Gasteiger partial charge on any atom is 0.260 e. The molecule has 306 valence electrons. The molecule has 0 spiro atoms. The zero-order valence-electron chi connectivity index (χ0n) is 33.7. The number of fused-ring (bicyclic) bond motifs is 2. The SMILES string of the molecule is COc1ccccc1C(=O)NC1=NC(=Nc2[nH]c(NC(=O)c3ccccc3OC)c(-c3nc4ccccc4s3)c2-c2ccccc2)C(c2ccccc2)=C1c1nc2ccccc2s1. The minimum atomic E-state index is -0.414. The summed E-state index contributed by atoms with van der Waals surface area (Å²) in [4.78, 5) is 52.6. The number of thiazole rings is 2. The number of aromatic amines is 1. The normalized spacial score (nSPS) is 13.1. The van der Waals surface area contributed by atoms with Gasteiger partial charge < -0.3 is 25.1 Å². The lowest BCUT2D eigenvalue weighted by Crippen LogP contribution is -2.31. The third kappa shape index (κ3) is 7.45. The number of nitrogens with one attached hydrogen (secondary N) is 3. The minimum absolute atomic E-state index is 0.270. The van der Waals surface area contributed by atoms with E-state index in [1.165, 1.54) is 36.9 Å². The number of carbonyl (C=O) groups is 2. The van der Waals surface area contributed by atoms with Crippen LogP contribution in [0, 0.1) is 0 Å². The van der Waals surface area contributed by atoms with Gasteiger partial charge in [-0.1, -0.05) is 109 Å². The molecule has 3 aromatic heterocycles. The number of benzene rings is 6. The van der Waals surface area contributed by atoms with E-state index in [4.69, 9.17) is 29.4 Å². The first kappa shape index (κ1) is 39.2. The number of hydrogen-bond donors (Lipinski definition) is 3. The highest BCUT2D eigenvalue weighted by atomic mass is 32.1. The van der Waals surface area contributed by atoms with Gasteiger partial charge in [0.25, 0.3) is 11.8 Å². The predicted octanol–water partition coefficient (Wildman–Crippen LogP) is 11.3. The summed E-state index contributed by atoms with van der Waals surface area (Å²) in [6, 6.07) is 49.5. The Bertz CT molecular complexity index is 3250. The van der Waals surface area contributed by atoms with E-state index in [0.717, 1.165) is 31.6 Å². The van der Waals surface area contributed by atoms with Crippen LogP contribution in [0.4, 0.5) is 11.6 Å². The average molecular weight is 862 g/mol. The van der Waals surface area contributed by atoms with E-state index in [-0.39, 0.29) is 5.84 Å². The van der Waals surface area contributed by atoms with Crippen molar-refractivity contribution in [3.63, 3.8) is 0 Å². The number of aliphatic imine (C=N–C) groups is 2. The maximum absolute atomic E-state index is 14.2. The van der Waals surface area contributed by atoms with E-state index in [1.54, 1.807) is 36.4 Å². The van der Waals surface area contributed by atoms with Crippen LogP contribution in [-0.4, -0.2) is 52.7 Å². The Morgan fingerprint density at radius 2 is 1.06 bits per heavy atom. The summed E-state index contributed by atoms with van der Waals surface area (Å²) in [6.07, 6.45) is 0. The van der Waals surface area contributed by atoms with Gasteiger partial charge in [-0.2, -0.15) is 0 Å². The van der Waals surface area contributed by atoms with Gasteiger partial charge in [-0.25, -0.2) is 20.0 Å². The predicted molar refractivity (Wildman–Crippen MR) is 254 cm³/mol. The van der Waals surface area contributed by atoms with E-state index < -0.39 is 11.8 Å². The molecular weight excluding hydrogens is 827 g/mol. The molecule has 13 heteroatoms. The van der Waals surface area contributed by atoms with Gasteiger partial charge in [-0.05, 0) is 59.7 Å². The molecule has 0 saturated heterocycles. The molecule has 0 radical (unpaired) electrons. The number of aromatic nitrogens is 3. The fraction of sp³-hybridized carbons (Fsp3) is 0.0400. The van der Waals surface area contributed by atoms with E-state index in [0.29, 0.717) is 72.4 Å². The maximum atomic E-state index is 14.2. The van der Waals surface area contributed by atoms with Crippen molar-refractivity contribution in [3.05, 3.63) is 179 Å². The van der Waals surface area contributed by atoms with E-state index >= 15 is 0 Å². The summed E-state index contributed by atoms with van der Waals surface area (Å²) in [5.74, 6) is 1.40. The standard InChI is InChI=1S/C50H35N7O4S2/c1-60-35-25-13-9-21-31(35)47(58)56-45-41(49-51-33-23-11-15-27-37(33)62-49)39(29-17-5-3-6-18-29)43(54-45)53-44-40(30-19-7-4-8-20-30)42(50-52-34-24-12-16-28-38(34)63-50)46(55-44)57-48(59)32-22-10-14-26-36(32)61-2/h3-28,54H,1-2H3,(H,56,58)(H,53,55,57,59). The van der Waals surface area contributed by atoms with Gasteiger partial charge in [0, 0.05) is 11.1 Å². The second-order valence-corrected chi connectivity index (χ2v) is 16.3. The molecule has 0 bridgehead atoms. The van der Waals surface area contributed by atoms with Crippen molar-refractivity contribution in [3.8, 4) is 33.2 Å². The molecule has 2 amide bonds. The Hall–Kier alpha value is -8.00. The number of rotatable bonds is 10. The largest absolute Gasteiger partial charge is 0.496 e. The number of nitrogens with zero attached hydrogens (tertiary/aromatic N) is 4. The van der Waals surface area contributed by atoms with Crippen molar-refractivity contribution >= 4 is 89.4 Å². The smallest absolute Gasteiger partial charge is 0.260 e. The van der Waals surface area contributed by atoms with E-state index in [2.05, 4.69) is 15.6 Å². The van der Waals surface area contributed by atoms with Gasteiger partial charge >= 0.3 is 0 Å². The van der Waals surface area contributed by atoms with Crippen LogP contribution in [-0.2, 0) is 0 Å². The zero-order valence-corrected chi connectivity index (χ0v) is 35.4. The topological polar surface area (TPSA) is 143 Å². The van der Waals surface area contributed by atoms with Crippen LogP contribution >= 0.6 is 22.7 Å². The average Bonchev–Trinajstić information content (AvgIpc) is 4.12. The fourth-order valence-corrected chi connectivity index (χ4v) is 9.60. The number of H-pyrrole nitrogens is 1. The summed E-state index contributed by atoms with van der Waals surface area (Å²) >= 11 is 3.00. The molecule has 0 fully saturated rings. The van der Waals surface area contributed by atoms with Crippen molar-refractivity contribution in [2.45, 2.75) is 0 Å². The van der Waals surface area contributed by atoms with E-state index in [1.807, 2.05) is 121 Å². The molecule has 3 N–H and O–H groups in total. The molecule has 1 aliphatic rings. The molecule has 11 nitrogen and oxygen atoms in total. The van der Waals surface area contributed by atoms with Crippen LogP contribution in [0.2, 0.25) is 0 Å². The zero-order chi connectivity index (χ0) is 42.9. The number of methoxy groups -OCH3 is 2. The van der Waals surface area contributed by atoms with Gasteiger partial charge in [0.15, 0.2) is 5.84 Å². The molecule has 0 atom stereocenters. The number of amidine groups is 2. The number of amides is 2. The first-order chi connectivity index (χ1) is 31.0. The van der Waals surface area contributed by atoms with Crippen LogP contribution in [0.3, 0.4) is 0 Å². The summed E-state index contributed by atoms with van der Waals surface area (Å²) in [5, 5.41) is 7.58. The van der Waals surface area contributed by atoms with Gasteiger partial charge in [0.2, 0.25) is 0 Å². The van der Waals surface area contributed by atoms with Crippen molar-refractivity contribution in [1.82, 2.24) is 20.3 Å². The lowest BCUT2D eigenvalue weighted by atomic mass is 10.00. The second-order valence-electron chi connectivity index (χ2n) is 14.3. The third-order valence-corrected chi connectivity index (χ3v) is 12.5. The summed E-state index contributed by atoms with van der Waals surface area (Å²) in [5.41, 5.74) is 6.54. The number of carbonyl (C=O) groups excluding carboxylic acids is 2. The van der Waals surface area contributed by atoms with Gasteiger partial charge in [0.05, 0.1) is 56.9 Å². The Morgan fingerprint density at radius 3 is 1.67 bits per heavy atom. The molecule has 10 rings (SSSR count). The van der Waals surface area contributed by atoms with Gasteiger partial charge in [0.1, 0.15) is 39.0 Å². The molecule has 0 aliphatic carbocycles. The van der Waals surface area contributed by atoms with Crippen LogP contribution in [0.1, 0.15) is 31.3 Å². The second kappa shape index (κ2) is 16.8. The van der Waals surface area contributed by atoms with Crippen molar-refractivity contribution in [1.29, 1.82) is 0 Å². The van der Waals surface area contributed by atoms with Crippen molar-refractivity contribution in [2.75, 3.05) is 19.5 Å². The van der Waals surface area contributed by atoms with Crippen LogP contribution in [0.25, 0.3) is 53.3 Å². The summed E-state index contributed by atoms with van der Waals surface area (Å²) < 4.78 is 13.1. The van der Waals surface area contributed by atoms with Crippen LogP contribution in [0.15, 0.2) is 168 Å². The van der Waals surface area contributed by atoms with Gasteiger partial charge in [-0.15, -0.1) is 22.7 Å². The highest BCUT2D eigenvalue weighted by Gasteiger charge is 2.33. The van der Waals surface area contributed by atoms with Crippen molar-refractivity contribution in [2.24, 2.45) is 9.98 Å².